The summed E-state index contributed by atoms with van der Waals surface area (Å²) in [6, 6.07) is 5.25. The molecule has 0 atom stereocenters. The number of H-pyrrole nitrogens is 1. The quantitative estimate of drug-likeness (QED) is 0.791. The van der Waals surface area contributed by atoms with Crippen LogP contribution in [-0.2, 0) is 6.54 Å². The molecule has 0 aliphatic rings. The van der Waals surface area contributed by atoms with Gasteiger partial charge in [-0.1, -0.05) is 0 Å². The van der Waals surface area contributed by atoms with Crippen LogP contribution in [0.15, 0.2) is 23.0 Å². The minimum Gasteiger partial charge on any atom is -0.496 e. The second kappa shape index (κ2) is 7.43. The largest absolute Gasteiger partial charge is 0.496 e. The number of aromatic amines is 1. The van der Waals surface area contributed by atoms with Crippen LogP contribution in [0.5, 0.6) is 11.5 Å². The minimum absolute atomic E-state index is 0.254. The summed E-state index contributed by atoms with van der Waals surface area (Å²) in [7, 11) is 3.20. The first-order valence-electron chi connectivity index (χ1n) is 7.29. The first-order chi connectivity index (χ1) is 11.0. The maximum absolute atomic E-state index is 11.9. The van der Waals surface area contributed by atoms with E-state index in [4.69, 9.17) is 27.4 Å². The summed E-state index contributed by atoms with van der Waals surface area (Å²) >= 11 is 5.30. The number of rotatable bonds is 6. The van der Waals surface area contributed by atoms with Crippen LogP contribution in [-0.4, -0.2) is 30.3 Å². The molecule has 0 saturated carbocycles. The normalized spacial score (nSPS) is 10.6. The summed E-state index contributed by atoms with van der Waals surface area (Å²) in [5.41, 5.74) is 7.73. The van der Waals surface area contributed by atoms with E-state index in [9.17, 15) is 4.79 Å². The second-order valence-electron chi connectivity index (χ2n) is 5.14. The van der Waals surface area contributed by atoms with Gasteiger partial charge < -0.3 is 19.8 Å². The molecule has 1 aromatic carbocycles. The van der Waals surface area contributed by atoms with Gasteiger partial charge >= 0.3 is 0 Å². The maximum Gasteiger partial charge on any atom is 0.252 e. The molecule has 0 amide bonds. The molecule has 7 heteroatoms. The number of hydrogen-bond acceptors (Lipinski definition) is 5. The smallest absolute Gasteiger partial charge is 0.252 e. The van der Waals surface area contributed by atoms with E-state index in [1.54, 1.807) is 14.2 Å². The second-order valence-corrected chi connectivity index (χ2v) is 5.53. The molecule has 0 aliphatic carbocycles. The number of hydrogen-bond donors (Lipinski definition) is 2. The SMILES string of the molecule is COc1cc(-c2cc(=O)[nH]c(=S)n2CCCN)c(OC)cc1C. The topological polar surface area (TPSA) is 82.3 Å². The molecule has 3 N–H and O–H groups in total. The molecule has 2 aromatic rings. The highest BCUT2D eigenvalue weighted by molar-refractivity contribution is 7.71. The number of nitrogens with two attached hydrogens (primary N) is 1. The first-order valence-corrected chi connectivity index (χ1v) is 7.69. The number of methoxy groups -OCH3 is 2. The third-order valence-corrected chi connectivity index (χ3v) is 3.94. The highest BCUT2D eigenvalue weighted by Crippen LogP contribution is 2.35. The van der Waals surface area contributed by atoms with Gasteiger partial charge in [-0.25, -0.2) is 0 Å². The molecular weight excluding hydrogens is 314 g/mol. The molecular formula is C16H21N3O3S. The first kappa shape index (κ1) is 17.2. The van der Waals surface area contributed by atoms with Crippen molar-refractivity contribution in [1.29, 1.82) is 0 Å². The lowest BCUT2D eigenvalue weighted by molar-refractivity contribution is 0.401. The summed E-state index contributed by atoms with van der Waals surface area (Å²) in [4.78, 5) is 14.5. The third-order valence-electron chi connectivity index (χ3n) is 3.61. The van der Waals surface area contributed by atoms with E-state index >= 15 is 0 Å². The van der Waals surface area contributed by atoms with Crippen molar-refractivity contribution in [2.75, 3.05) is 20.8 Å². The van der Waals surface area contributed by atoms with Gasteiger partial charge in [-0.3, -0.25) is 9.78 Å². The third kappa shape index (κ3) is 3.62. The van der Waals surface area contributed by atoms with E-state index in [1.807, 2.05) is 23.6 Å². The molecule has 124 valence electrons. The van der Waals surface area contributed by atoms with Crippen molar-refractivity contribution in [2.24, 2.45) is 5.73 Å². The Kier molecular flexibility index (Phi) is 5.57. The molecule has 2 rings (SSSR count). The van der Waals surface area contributed by atoms with E-state index in [0.29, 0.717) is 29.3 Å². The summed E-state index contributed by atoms with van der Waals surface area (Å²) in [5.74, 6) is 1.38. The Bertz CT molecular complexity index is 811. The van der Waals surface area contributed by atoms with Crippen molar-refractivity contribution >= 4 is 12.2 Å². The van der Waals surface area contributed by atoms with Crippen molar-refractivity contribution in [3.05, 3.63) is 38.9 Å². The van der Waals surface area contributed by atoms with Crippen LogP contribution in [0.2, 0.25) is 0 Å². The molecule has 0 saturated heterocycles. The molecule has 1 heterocycles. The van der Waals surface area contributed by atoms with E-state index < -0.39 is 0 Å². The Labute approximate surface area is 139 Å². The number of benzene rings is 1. The molecule has 1 aromatic heterocycles. The van der Waals surface area contributed by atoms with Gasteiger partial charge in [-0.15, -0.1) is 0 Å². The Morgan fingerprint density at radius 3 is 2.52 bits per heavy atom. The molecule has 0 radical (unpaired) electrons. The van der Waals surface area contributed by atoms with Crippen LogP contribution in [0.25, 0.3) is 11.3 Å². The monoisotopic (exact) mass is 335 g/mol. The van der Waals surface area contributed by atoms with Gasteiger partial charge in [0.25, 0.3) is 5.56 Å². The Hall–Kier alpha value is -2.12. The summed E-state index contributed by atoms with van der Waals surface area (Å²) in [6.07, 6.45) is 0.749. The zero-order valence-corrected chi connectivity index (χ0v) is 14.3. The fourth-order valence-corrected chi connectivity index (χ4v) is 2.76. The van der Waals surface area contributed by atoms with E-state index in [-0.39, 0.29) is 5.56 Å². The number of aryl methyl sites for hydroxylation is 1. The molecule has 0 spiro atoms. The number of ether oxygens (including phenoxy) is 2. The lowest BCUT2D eigenvalue weighted by atomic mass is 10.1. The van der Waals surface area contributed by atoms with Crippen molar-refractivity contribution < 1.29 is 9.47 Å². The van der Waals surface area contributed by atoms with Crippen molar-refractivity contribution in [1.82, 2.24) is 9.55 Å². The molecule has 0 aliphatic heterocycles. The van der Waals surface area contributed by atoms with Crippen molar-refractivity contribution in [3.63, 3.8) is 0 Å². The fourth-order valence-electron chi connectivity index (χ4n) is 2.47. The standard InChI is InChI=1S/C16H21N3O3S/c1-10-7-14(22-3)11(8-13(10)21-2)12-9-15(20)18-16(23)19(12)6-4-5-17/h7-9H,4-6,17H2,1-3H3,(H,18,20,23). The number of nitrogens with zero attached hydrogens (tertiary/aromatic N) is 1. The van der Waals surface area contributed by atoms with E-state index in [1.165, 1.54) is 6.07 Å². The highest BCUT2D eigenvalue weighted by atomic mass is 32.1. The lowest BCUT2D eigenvalue weighted by Gasteiger charge is -2.17. The summed E-state index contributed by atoms with van der Waals surface area (Å²) in [5, 5.41) is 0. The molecule has 23 heavy (non-hydrogen) atoms. The van der Waals surface area contributed by atoms with Gasteiger partial charge in [0.1, 0.15) is 11.5 Å². The summed E-state index contributed by atoms with van der Waals surface area (Å²) < 4.78 is 13.1. The number of aromatic nitrogens is 2. The number of nitrogens with one attached hydrogen (secondary N) is 1. The van der Waals surface area contributed by atoms with Gasteiger partial charge in [0.2, 0.25) is 0 Å². The van der Waals surface area contributed by atoms with Gasteiger partial charge in [0, 0.05) is 18.2 Å². The van der Waals surface area contributed by atoms with Crippen LogP contribution in [0.3, 0.4) is 0 Å². The van der Waals surface area contributed by atoms with Gasteiger partial charge in [-0.2, -0.15) is 0 Å². The fraction of sp³-hybridized carbons (Fsp3) is 0.375. The zero-order valence-electron chi connectivity index (χ0n) is 13.5. The predicted octanol–water partition coefficient (Wildman–Crippen LogP) is 2.25. The lowest BCUT2D eigenvalue weighted by Crippen LogP contribution is -2.16. The van der Waals surface area contributed by atoms with Gasteiger partial charge in [0.15, 0.2) is 4.77 Å². The Balaban J connectivity index is 2.74. The van der Waals surface area contributed by atoms with E-state index in [0.717, 1.165) is 23.3 Å². The maximum atomic E-state index is 11.9. The van der Waals surface area contributed by atoms with Crippen LogP contribution in [0.4, 0.5) is 0 Å². The molecule has 0 fully saturated rings. The molecule has 0 bridgehead atoms. The summed E-state index contributed by atoms with van der Waals surface area (Å²) in [6.45, 7) is 3.08. The van der Waals surface area contributed by atoms with Crippen LogP contribution in [0.1, 0.15) is 12.0 Å². The van der Waals surface area contributed by atoms with Crippen LogP contribution >= 0.6 is 12.2 Å². The van der Waals surface area contributed by atoms with Gasteiger partial charge in [-0.05, 0) is 49.8 Å². The van der Waals surface area contributed by atoms with Crippen LogP contribution < -0.4 is 20.8 Å². The predicted molar refractivity (Wildman–Crippen MR) is 92.8 cm³/mol. The average molecular weight is 335 g/mol. The Morgan fingerprint density at radius 2 is 1.91 bits per heavy atom. The Morgan fingerprint density at radius 1 is 1.22 bits per heavy atom. The van der Waals surface area contributed by atoms with Gasteiger partial charge in [0.05, 0.1) is 19.9 Å². The average Bonchev–Trinajstić information content (AvgIpc) is 2.53. The molecule has 6 nitrogen and oxygen atoms in total. The van der Waals surface area contributed by atoms with Crippen molar-refractivity contribution in [3.8, 4) is 22.8 Å². The minimum atomic E-state index is -0.254. The highest BCUT2D eigenvalue weighted by Gasteiger charge is 2.15. The van der Waals surface area contributed by atoms with E-state index in [2.05, 4.69) is 4.98 Å². The van der Waals surface area contributed by atoms with Crippen LogP contribution in [0, 0.1) is 11.7 Å². The van der Waals surface area contributed by atoms with Crippen molar-refractivity contribution in [2.45, 2.75) is 19.9 Å². The molecule has 0 unspecified atom stereocenters. The zero-order chi connectivity index (χ0) is 17.0.